The molecule has 8 nitrogen and oxygen atoms in total. The Bertz CT molecular complexity index is 899. The first-order valence-electron chi connectivity index (χ1n) is 9.89. The molecule has 4 rings (SSSR count). The van der Waals surface area contributed by atoms with Crippen LogP contribution in [-0.4, -0.2) is 71.5 Å². The molecule has 8 heteroatoms. The molecule has 2 aliphatic heterocycles. The molecular formula is C20H26N4O4. The standard InChI is InChI=1S/C20H26N4O4/c25-10-9-24-14-21-18-13-16(1-2-17(18)20(24)27)22-5-7-23(8-6-22)19(26)15-3-11-28-12-4-15/h1-2,13-15,25H,3-12H2. The number of amides is 1. The molecule has 150 valence electrons. The number of piperazine rings is 1. The summed E-state index contributed by atoms with van der Waals surface area (Å²) in [5.74, 6) is 0.360. The third kappa shape index (κ3) is 3.74. The fourth-order valence-corrected chi connectivity index (χ4v) is 4.00. The zero-order valence-corrected chi connectivity index (χ0v) is 15.9. The number of aromatic nitrogens is 2. The first-order chi connectivity index (χ1) is 13.7. The van der Waals surface area contributed by atoms with Gasteiger partial charge >= 0.3 is 0 Å². The van der Waals surface area contributed by atoms with Gasteiger partial charge in [-0.2, -0.15) is 0 Å². The summed E-state index contributed by atoms with van der Waals surface area (Å²) in [7, 11) is 0. The highest BCUT2D eigenvalue weighted by Gasteiger charge is 2.28. The van der Waals surface area contributed by atoms with Crippen LogP contribution in [0.3, 0.4) is 0 Å². The average molecular weight is 386 g/mol. The van der Waals surface area contributed by atoms with Crippen LogP contribution >= 0.6 is 0 Å². The number of fused-ring (bicyclic) bond motifs is 1. The maximum Gasteiger partial charge on any atom is 0.261 e. The number of aliphatic hydroxyl groups excluding tert-OH is 1. The number of carbonyl (C=O) groups excluding carboxylic acids is 1. The molecule has 0 aliphatic carbocycles. The van der Waals surface area contributed by atoms with E-state index in [1.807, 2.05) is 17.0 Å². The molecule has 0 unspecified atom stereocenters. The number of rotatable bonds is 4. The number of hydrogen-bond acceptors (Lipinski definition) is 6. The normalized spacial score (nSPS) is 18.6. The molecule has 0 bridgehead atoms. The zero-order chi connectivity index (χ0) is 19.5. The molecule has 1 aromatic carbocycles. The van der Waals surface area contributed by atoms with Gasteiger partial charge in [-0.05, 0) is 31.0 Å². The molecule has 1 aromatic heterocycles. The first-order valence-corrected chi connectivity index (χ1v) is 9.89. The van der Waals surface area contributed by atoms with Gasteiger partial charge in [-0.3, -0.25) is 14.2 Å². The highest BCUT2D eigenvalue weighted by atomic mass is 16.5. The van der Waals surface area contributed by atoms with E-state index in [-0.39, 0.29) is 30.5 Å². The quantitative estimate of drug-likeness (QED) is 0.822. The number of ether oxygens (including phenoxy) is 1. The Balaban J connectivity index is 1.44. The lowest BCUT2D eigenvalue weighted by Gasteiger charge is -2.38. The predicted molar refractivity (Wildman–Crippen MR) is 105 cm³/mol. The highest BCUT2D eigenvalue weighted by Crippen LogP contribution is 2.23. The molecule has 2 aliphatic rings. The lowest BCUT2D eigenvalue weighted by molar-refractivity contribution is -0.138. The topological polar surface area (TPSA) is 87.9 Å². The van der Waals surface area contributed by atoms with Crippen molar-refractivity contribution in [1.29, 1.82) is 0 Å². The predicted octanol–water partition coefficient (Wildman–Crippen LogP) is 0.464. The molecule has 1 N–H and O–H groups in total. The molecule has 0 saturated carbocycles. The molecule has 0 spiro atoms. The Labute approximate surface area is 163 Å². The molecule has 28 heavy (non-hydrogen) atoms. The zero-order valence-electron chi connectivity index (χ0n) is 15.9. The van der Waals surface area contributed by atoms with Crippen LogP contribution < -0.4 is 10.5 Å². The monoisotopic (exact) mass is 386 g/mol. The number of benzene rings is 1. The second kappa shape index (κ2) is 8.28. The largest absolute Gasteiger partial charge is 0.395 e. The maximum absolute atomic E-state index is 12.7. The fourth-order valence-electron chi connectivity index (χ4n) is 4.00. The summed E-state index contributed by atoms with van der Waals surface area (Å²) in [5.41, 5.74) is 1.52. The highest BCUT2D eigenvalue weighted by molar-refractivity contribution is 5.82. The maximum atomic E-state index is 12.7. The Morgan fingerprint density at radius 2 is 1.93 bits per heavy atom. The Morgan fingerprint density at radius 3 is 2.64 bits per heavy atom. The minimum Gasteiger partial charge on any atom is -0.395 e. The summed E-state index contributed by atoms with van der Waals surface area (Å²) in [6.45, 7) is 4.46. The van der Waals surface area contributed by atoms with Crippen molar-refractivity contribution < 1.29 is 14.6 Å². The van der Waals surface area contributed by atoms with Crippen molar-refractivity contribution in [2.75, 3.05) is 50.9 Å². The number of anilines is 1. The van der Waals surface area contributed by atoms with Crippen molar-refractivity contribution in [3.05, 3.63) is 34.9 Å². The molecule has 2 aromatic rings. The SMILES string of the molecule is O=C(C1CCOCC1)N1CCN(c2ccc3c(=O)n(CCO)cnc3c2)CC1. The van der Waals surface area contributed by atoms with Crippen LogP contribution in [0.4, 0.5) is 5.69 Å². The Kier molecular flexibility index (Phi) is 5.59. The summed E-state index contributed by atoms with van der Waals surface area (Å²) in [6.07, 6.45) is 3.13. The number of carbonyl (C=O) groups is 1. The molecule has 0 radical (unpaired) electrons. The number of aliphatic hydroxyl groups is 1. The minimum absolute atomic E-state index is 0.0952. The van der Waals surface area contributed by atoms with Gasteiger partial charge in [-0.25, -0.2) is 4.98 Å². The van der Waals surface area contributed by atoms with Crippen molar-refractivity contribution in [2.24, 2.45) is 5.92 Å². The molecule has 0 atom stereocenters. The van der Waals surface area contributed by atoms with Crippen LogP contribution in [0.25, 0.3) is 10.9 Å². The Morgan fingerprint density at radius 1 is 1.18 bits per heavy atom. The second-order valence-corrected chi connectivity index (χ2v) is 7.37. The fraction of sp³-hybridized carbons (Fsp3) is 0.550. The lowest BCUT2D eigenvalue weighted by atomic mass is 9.98. The molecular weight excluding hydrogens is 360 g/mol. The van der Waals surface area contributed by atoms with E-state index in [1.54, 1.807) is 6.07 Å². The van der Waals surface area contributed by atoms with E-state index in [2.05, 4.69) is 9.88 Å². The van der Waals surface area contributed by atoms with Crippen molar-refractivity contribution >= 4 is 22.5 Å². The van der Waals surface area contributed by atoms with E-state index in [4.69, 9.17) is 9.84 Å². The van der Waals surface area contributed by atoms with Crippen LogP contribution in [-0.2, 0) is 16.1 Å². The van der Waals surface area contributed by atoms with Crippen LogP contribution in [0.15, 0.2) is 29.3 Å². The van der Waals surface area contributed by atoms with Crippen molar-refractivity contribution in [3.8, 4) is 0 Å². The van der Waals surface area contributed by atoms with Gasteiger partial charge in [0.25, 0.3) is 5.56 Å². The van der Waals surface area contributed by atoms with E-state index < -0.39 is 0 Å². The molecule has 2 saturated heterocycles. The van der Waals surface area contributed by atoms with E-state index in [9.17, 15) is 9.59 Å². The summed E-state index contributed by atoms with van der Waals surface area (Å²) in [6, 6.07) is 5.66. The van der Waals surface area contributed by atoms with Gasteiger partial charge in [-0.15, -0.1) is 0 Å². The van der Waals surface area contributed by atoms with Crippen molar-refractivity contribution in [3.63, 3.8) is 0 Å². The first kappa shape index (κ1) is 18.9. The summed E-state index contributed by atoms with van der Waals surface area (Å²) in [4.78, 5) is 33.7. The van der Waals surface area contributed by atoms with E-state index in [0.29, 0.717) is 37.2 Å². The van der Waals surface area contributed by atoms with Gasteiger partial charge in [0.05, 0.1) is 30.4 Å². The van der Waals surface area contributed by atoms with Crippen molar-refractivity contribution in [2.45, 2.75) is 19.4 Å². The van der Waals surface area contributed by atoms with Crippen LogP contribution in [0, 0.1) is 5.92 Å². The third-order valence-corrected chi connectivity index (χ3v) is 5.68. The van der Waals surface area contributed by atoms with Crippen LogP contribution in [0.1, 0.15) is 12.8 Å². The average Bonchev–Trinajstić information content (AvgIpc) is 2.76. The molecule has 1 amide bonds. The third-order valence-electron chi connectivity index (χ3n) is 5.68. The van der Waals surface area contributed by atoms with E-state index >= 15 is 0 Å². The van der Waals surface area contributed by atoms with Gasteiger partial charge in [0.2, 0.25) is 5.91 Å². The van der Waals surface area contributed by atoms with Gasteiger partial charge < -0.3 is 19.6 Å². The molecule has 3 heterocycles. The van der Waals surface area contributed by atoms with Gasteiger partial charge in [-0.1, -0.05) is 0 Å². The minimum atomic E-state index is -0.141. The summed E-state index contributed by atoms with van der Waals surface area (Å²) >= 11 is 0. The van der Waals surface area contributed by atoms with Gasteiger partial charge in [0.15, 0.2) is 0 Å². The van der Waals surface area contributed by atoms with Crippen LogP contribution in [0.2, 0.25) is 0 Å². The van der Waals surface area contributed by atoms with Crippen LogP contribution in [0.5, 0.6) is 0 Å². The van der Waals surface area contributed by atoms with E-state index in [1.165, 1.54) is 10.9 Å². The van der Waals surface area contributed by atoms with E-state index in [0.717, 1.165) is 31.6 Å². The number of hydrogen-bond donors (Lipinski definition) is 1. The smallest absolute Gasteiger partial charge is 0.261 e. The Hall–Kier alpha value is -2.45. The second-order valence-electron chi connectivity index (χ2n) is 7.37. The lowest BCUT2D eigenvalue weighted by Crippen LogP contribution is -2.51. The number of nitrogens with zero attached hydrogens (tertiary/aromatic N) is 4. The summed E-state index contributed by atoms with van der Waals surface area (Å²) < 4.78 is 6.77. The molecule has 2 fully saturated rings. The summed E-state index contributed by atoms with van der Waals surface area (Å²) in [5, 5.41) is 9.59. The van der Waals surface area contributed by atoms with Gasteiger partial charge in [0.1, 0.15) is 0 Å². The van der Waals surface area contributed by atoms with Crippen molar-refractivity contribution in [1.82, 2.24) is 14.5 Å². The van der Waals surface area contributed by atoms with Gasteiger partial charge in [0, 0.05) is 51.0 Å².